The van der Waals surface area contributed by atoms with Crippen LogP contribution in [0.15, 0.2) is 48.5 Å². The van der Waals surface area contributed by atoms with Crippen LogP contribution in [0.2, 0.25) is 0 Å². The molecule has 2 aromatic rings. The minimum atomic E-state index is -0.953. The number of anilines is 2. The van der Waals surface area contributed by atoms with Gasteiger partial charge in [-0.25, -0.2) is 4.90 Å². The highest BCUT2D eigenvalue weighted by molar-refractivity contribution is 6.45. The standard InChI is InChI=1S/C18H19N3O4/c1-12(22)21(15-7-5-14(19)6-8-15)18(24)17(23)20-11-13-3-9-16(25-2)10-4-13/h3-10H,11,19H2,1-2H3,(H,20,23). The van der Waals surface area contributed by atoms with Crippen molar-refractivity contribution in [2.75, 3.05) is 17.7 Å². The van der Waals surface area contributed by atoms with Gasteiger partial charge in [0.2, 0.25) is 5.91 Å². The van der Waals surface area contributed by atoms with E-state index in [4.69, 9.17) is 10.5 Å². The molecule has 0 heterocycles. The molecule has 25 heavy (non-hydrogen) atoms. The molecule has 0 radical (unpaired) electrons. The Morgan fingerprint density at radius 1 is 1.04 bits per heavy atom. The number of nitrogens with zero attached hydrogens (tertiary/aromatic N) is 1. The number of hydrogen-bond donors (Lipinski definition) is 2. The number of amides is 3. The third-order valence-corrected chi connectivity index (χ3v) is 3.48. The molecule has 3 amide bonds. The predicted octanol–water partition coefficient (Wildman–Crippen LogP) is 1.47. The topological polar surface area (TPSA) is 102 Å². The molecule has 0 saturated carbocycles. The summed E-state index contributed by atoms with van der Waals surface area (Å²) in [6.07, 6.45) is 0. The van der Waals surface area contributed by atoms with Crippen LogP contribution in [0.5, 0.6) is 5.75 Å². The van der Waals surface area contributed by atoms with Gasteiger partial charge in [-0.05, 0) is 42.0 Å². The molecule has 130 valence electrons. The van der Waals surface area contributed by atoms with E-state index in [0.29, 0.717) is 11.4 Å². The Hall–Kier alpha value is -3.35. The molecule has 0 aliphatic rings. The molecule has 0 aromatic heterocycles. The summed E-state index contributed by atoms with van der Waals surface area (Å²) in [6.45, 7) is 1.37. The van der Waals surface area contributed by atoms with E-state index in [-0.39, 0.29) is 12.2 Å². The lowest BCUT2D eigenvalue weighted by Crippen LogP contribution is -2.45. The van der Waals surface area contributed by atoms with Gasteiger partial charge in [-0.1, -0.05) is 12.1 Å². The molecule has 0 spiro atoms. The van der Waals surface area contributed by atoms with Gasteiger partial charge in [-0.2, -0.15) is 0 Å². The Bertz CT molecular complexity index is 770. The highest BCUT2D eigenvalue weighted by Gasteiger charge is 2.26. The number of carbonyl (C=O) groups is 3. The summed E-state index contributed by atoms with van der Waals surface area (Å²) in [5, 5.41) is 2.50. The summed E-state index contributed by atoms with van der Waals surface area (Å²) in [7, 11) is 1.56. The minimum absolute atomic E-state index is 0.155. The van der Waals surface area contributed by atoms with Gasteiger partial charge in [0.1, 0.15) is 5.75 Å². The molecule has 2 aromatic carbocycles. The largest absolute Gasteiger partial charge is 0.497 e. The SMILES string of the molecule is COc1ccc(CNC(=O)C(=O)N(C(C)=O)c2ccc(N)cc2)cc1. The van der Waals surface area contributed by atoms with Crippen molar-refractivity contribution < 1.29 is 19.1 Å². The number of benzene rings is 2. The van der Waals surface area contributed by atoms with E-state index in [1.165, 1.54) is 19.1 Å². The normalized spacial score (nSPS) is 10.0. The maximum atomic E-state index is 12.3. The van der Waals surface area contributed by atoms with Crippen LogP contribution in [0, 0.1) is 0 Å². The molecule has 0 atom stereocenters. The molecule has 0 aliphatic heterocycles. The third kappa shape index (κ3) is 4.57. The number of imide groups is 1. The number of hydrogen-bond acceptors (Lipinski definition) is 5. The first kappa shape index (κ1) is 18.0. The second kappa shape index (κ2) is 7.96. The molecule has 7 heteroatoms. The van der Waals surface area contributed by atoms with E-state index >= 15 is 0 Å². The first-order chi connectivity index (χ1) is 11.9. The molecular weight excluding hydrogens is 322 g/mol. The van der Waals surface area contributed by atoms with Gasteiger partial charge in [0.25, 0.3) is 0 Å². The Kier molecular flexibility index (Phi) is 5.73. The second-order valence-corrected chi connectivity index (χ2v) is 5.28. The molecular formula is C18H19N3O4. The Labute approximate surface area is 145 Å². The summed E-state index contributed by atoms with van der Waals surface area (Å²) in [5.41, 5.74) is 7.16. The van der Waals surface area contributed by atoms with Crippen molar-refractivity contribution in [2.24, 2.45) is 0 Å². The van der Waals surface area contributed by atoms with Crippen LogP contribution in [-0.2, 0) is 20.9 Å². The number of ether oxygens (including phenoxy) is 1. The van der Waals surface area contributed by atoms with Crippen molar-refractivity contribution in [2.45, 2.75) is 13.5 Å². The molecule has 0 fully saturated rings. The van der Waals surface area contributed by atoms with E-state index < -0.39 is 17.7 Å². The highest BCUT2D eigenvalue weighted by atomic mass is 16.5. The van der Waals surface area contributed by atoms with Crippen molar-refractivity contribution in [1.29, 1.82) is 0 Å². The Morgan fingerprint density at radius 2 is 1.64 bits per heavy atom. The van der Waals surface area contributed by atoms with Crippen molar-refractivity contribution >= 4 is 29.1 Å². The van der Waals surface area contributed by atoms with E-state index in [1.807, 2.05) is 0 Å². The fraction of sp³-hybridized carbons (Fsp3) is 0.167. The summed E-state index contributed by atoms with van der Waals surface area (Å²) < 4.78 is 5.05. The number of carbonyl (C=O) groups excluding carboxylic acids is 3. The molecule has 3 N–H and O–H groups in total. The number of nitrogens with two attached hydrogens (primary N) is 1. The average molecular weight is 341 g/mol. The van der Waals surface area contributed by atoms with E-state index in [9.17, 15) is 14.4 Å². The Morgan fingerprint density at radius 3 is 2.16 bits per heavy atom. The molecule has 0 aliphatic carbocycles. The zero-order valence-corrected chi connectivity index (χ0v) is 14.0. The smallest absolute Gasteiger partial charge is 0.323 e. The van der Waals surface area contributed by atoms with E-state index in [0.717, 1.165) is 10.5 Å². The summed E-state index contributed by atoms with van der Waals surface area (Å²) >= 11 is 0. The zero-order chi connectivity index (χ0) is 18.4. The van der Waals surface area contributed by atoms with E-state index in [2.05, 4.69) is 5.32 Å². The van der Waals surface area contributed by atoms with Crippen LogP contribution in [0.25, 0.3) is 0 Å². The van der Waals surface area contributed by atoms with Gasteiger partial charge in [-0.3, -0.25) is 14.4 Å². The maximum absolute atomic E-state index is 12.3. The summed E-state index contributed by atoms with van der Waals surface area (Å²) in [5.74, 6) is -1.69. The third-order valence-electron chi connectivity index (χ3n) is 3.48. The van der Waals surface area contributed by atoms with Crippen LogP contribution < -0.4 is 20.7 Å². The summed E-state index contributed by atoms with van der Waals surface area (Å²) in [6, 6.07) is 13.1. The molecule has 0 bridgehead atoms. The first-order valence-electron chi connectivity index (χ1n) is 7.53. The maximum Gasteiger partial charge on any atom is 0.323 e. The van der Waals surface area contributed by atoms with Crippen LogP contribution in [0.3, 0.4) is 0 Å². The van der Waals surface area contributed by atoms with Gasteiger partial charge < -0.3 is 15.8 Å². The van der Waals surface area contributed by atoms with Crippen molar-refractivity contribution in [3.05, 3.63) is 54.1 Å². The van der Waals surface area contributed by atoms with Gasteiger partial charge in [0.15, 0.2) is 0 Å². The molecule has 2 rings (SSSR count). The lowest BCUT2D eigenvalue weighted by Gasteiger charge is -2.18. The average Bonchev–Trinajstić information content (AvgIpc) is 2.61. The fourth-order valence-electron chi connectivity index (χ4n) is 2.17. The predicted molar refractivity (Wildman–Crippen MR) is 93.9 cm³/mol. The fourth-order valence-corrected chi connectivity index (χ4v) is 2.17. The molecule has 0 saturated heterocycles. The molecule has 0 unspecified atom stereocenters. The van der Waals surface area contributed by atoms with Crippen LogP contribution >= 0.6 is 0 Å². The van der Waals surface area contributed by atoms with Crippen LogP contribution in [-0.4, -0.2) is 24.8 Å². The monoisotopic (exact) mass is 341 g/mol. The van der Waals surface area contributed by atoms with Crippen LogP contribution in [0.1, 0.15) is 12.5 Å². The van der Waals surface area contributed by atoms with Crippen LogP contribution in [0.4, 0.5) is 11.4 Å². The lowest BCUT2D eigenvalue weighted by atomic mass is 10.2. The van der Waals surface area contributed by atoms with Gasteiger partial charge >= 0.3 is 11.8 Å². The first-order valence-corrected chi connectivity index (χ1v) is 7.53. The van der Waals surface area contributed by atoms with Gasteiger partial charge in [-0.15, -0.1) is 0 Å². The summed E-state index contributed by atoms with van der Waals surface area (Å²) in [4.78, 5) is 37.1. The van der Waals surface area contributed by atoms with E-state index in [1.54, 1.807) is 43.5 Å². The Balaban J connectivity index is 2.06. The second-order valence-electron chi connectivity index (χ2n) is 5.28. The van der Waals surface area contributed by atoms with Crippen molar-refractivity contribution in [1.82, 2.24) is 5.32 Å². The zero-order valence-electron chi connectivity index (χ0n) is 14.0. The highest BCUT2D eigenvalue weighted by Crippen LogP contribution is 2.17. The lowest BCUT2D eigenvalue weighted by molar-refractivity contribution is -0.139. The quantitative estimate of drug-likeness (QED) is 0.648. The number of nitrogens with one attached hydrogen (secondary N) is 1. The minimum Gasteiger partial charge on any atom is -0.497 e. The van der Waals surface area contributed by atoms with Gasteiger partial charge in [0, 0.05) is 19.2 Å². The van der Waals surface area contributed by atoms with Gasteiger partial charge in [0.05, 0.1) is 12.8 Å². The van der Waals surface area contributed by atoms with Crippen molar-refractivity contribution in [3.63, 3.8) is 0 Å². The number of nitrogen functional groups attached to an aromatic ring is 1. The van der Waals surface area contributed by atoms with Crippen molar-refractivity contribution in [3.8, 4) is 5.75 Å². The number of rotatable bonds is 4. The molecule has 7 nitrogen and oxygen atoms in total. The number of methoxy groups -OCH3 is 1.